The van der Waals surface area contributed by atoms with Crippen LogP contribution in [0, 0.1) is 5.82 Å². The van der Waals surface area contributed by atoms with Crippen LogP contribution in [-0.2, 0) is 13.0 Å². The molecule has 0 unspecified atom stereocenters. The van der Waals surface area contributed by atoms with E-state index in [4.69, 9.17) is 5.73 Å². The van der Waals surface area contributed by atoms with Gasteiger partial charge in [0.05, 0.1) is 11.4 Å². The molecule has 18 heavy (non-hydrogen) atoms. The molecule has 2 N–H and O–H groups in total. The van der Waals surface area contributed by atoms with Crippen LogP contribution < -0.4 is 5.73 Å². The van der Waals surface area contributed by atoms with Crippen molar-refractivity contribution >= 4 is 5.82 Å². The molecule has 0 spiro atoms. The summed E-state index contributed by atoms with van der Waals surface area (Å²) >= 11 is 0. The van der Waals surface area contributed by atoms with Crippen molar-refractivity contribution in [3.63, 3.8) is 0 Å². The molecule has 1 aromatic heterocycles. The zero-order valence-corrected chi connectivity index (χ0v) is 10.2. The van der Waals surface area contributed by atoms with Crippen LogP contribution in [0.1, 0.15) is 11.3 Å². The fourth-order valence-corrected chi connectivity index (χ4v) is 2.33. The zero-order valence-electron chi connectivity index (χ0n) is 10.2. The monoisotopic (exact) mass is 246 g/mol. The van der Waals surface area contributed by atoms with E-state index in [9.17, 15) is 4.39 Å². The number of benzene rings is 1. The molecule has 1 aliphatic heterocycles. The molecule has 0 amide bonds. The lowest BCUT2D eigenvalue weighted by molar-refractivity contribution is 0.309. The molecule has 0 fully saturated rings. The minimum absolute atomic E-state index is 0.256. The SMILES string of the molecule is CN1CCc2c(nn(-c3ccc(F)cc3)c2N)C1. The molecular formula is C13H15FN4. The number of rotatable bonds is 1. The summed E-state index contributed by atoms with van der Waals surface area (Å²) in [6.45, 7) is 1.81. The lowest BCUT2D eigenvalue weighted by atomic mass is 10.1. The van der Waals surface area contributed by atoms with Gasteiger partial charge in [-0.2, -0.15) is 5.10 Å². The highest BCUT2D eigenvalue weighted by atomic mass is 19.1. The van der Waals surface area contributed by atoms with Gasteiger partial charge in [0, 0.05) is 18.7 Å². The second-order valence-corrected chi connectivity index (χ2v) is 4.69. The molecule has 0 radical (unpaired) electrons. The third-order valence-corrected chi connectivity index (χ3v) is 3.34. The average molecular weight is 246 g/mol. The molecule has 3 rings (SSSR count). The van der Waals surface area contributed by atoms with Gasteiger partial charge in [-0.25, -0.2) is 9.07 Å². The third kappa shape index (κ3) is 1.76. The molecule has 2 aromatic rings. The van der Waals surface area contributed by atoms with Crippen molar-refractivity contribution < 1.29 is 4.39 Å². The highest BCUT2D eigenvalue weighted by Gasteiger charge is 2.21. The molecule has 0 saturated heterocycles. The van der Waals surface area contributed by atoms with E-state index in [2.05, 4.69) is 17.0 Å². The Balaban J connectivity index is 2.06. The first-order valence-electron chi connectivity index (χ1n) is 5.96. The maximum Gasteiger partial charge on any atom is 0.130 e. The first kappa shape index (κ1) is 11.2. The summed E-state index contributed by atoms with van der Waals surface area (Å²) < 4.78 is 14.6. The first-order chi connectivity index (χ1) is 8.65. The number of hydrogen-bond acceptors (Lipinski definition) is 3. The Morgan fingerprint density at radius 3 is 2.72 bits per heavy atom. The lowest BCUT2D eigenvalue weighted by Crippen LogP contribution is -2.26. The minimum atomic E-state index is -0.256. The highest BCUT2D eigenvalue weighted by molar-refractivity contribution is 5.50. The Morgan fingerprint density at radius 2 is 2.00 bits per heavy atom. The van der Waals surface area contributed by atoms with Crippen molar-refractivity contribution in [3.8, 4) is 5.69 Å². The van der Waals surface area contributed by atoms with E-state index in [1.54, 1.807) is 16.8 Å². The second-order valence-electron chi connectivity index (χ2n) is 4.69. The molecule has 1 aromatic carbocycles. The fourth-order valence-electron chi connectivity index (χ4n) is 2.33. The van der Waals surface area contributed by atoms with E-state index >= 15 is 0 Å². The van der Waals surface area contributed by atoms with Gasteiger partial charge in [-0.15, -0.1) is 0 Å². The molecular weight excluding hydrogens is 231 g/mol. The second kappa shape index (κ2) is 4.10. The van der Waals surface area contributed by atoms with Crippen LogP contribution in [0.5, 0.6) is 0 Å². The van der Waals surface area contributed by atoms with Crippen molar-refractivity contribution in [1.29, 1.82) is 0 Å². The highest BCUT2D eigenvalue weighted by Crippen LogP contribution is 2.25. The topological polar surface area (TPSA) is 47.1 Å². The van der Waals surface area contributed by atoms with Gasteiger partial charge in [-0.1, -0.05) is 0 Å². The Morgan fingerprint density at radius 1 is 1.28 bits per heavy atom. The van der Waals surface area contributed by atoms with Crippen LogP contribution in [0.25, 0.3) is 5.69 Å². The van der Waals surface area contributed by atoms with Crippen molar-refractivity contribution in [2.24, 2.45) is 0 Å². The molecule has 2 heterocycles. The van der Waals surface area contributed by atoms with Gasteiger partial charge in [0.15, 0.2) is 0 Å². The van der Waals surface area contributed by atoms with Gasteiger partial charge in [-0.05, 0) is 37.7 Å². The summed E-state index contributed by atoms with van der Waals surface area (Å²) in [7, 11) is 2.07. The van der Waals surface area contributed by atoms with E-state index in [-0.39, 0.29) is 5.82 Å². The van der Waals surface area contributed by atoms with Crippen LogP contribution in [-0.4, -0.2) is 28.3 Å². The Labute approximate surface area is 105 Å². The van der Waals surface area contributed by atoms with Crippen molar-refractivity contribution in [3.05, 3.63) is 41.3 Å². The van der Waals surface area contributed by atoms with Crippen molar-refractivity contribution in [1.82, 2.24) is 14.7 Å². The molecule has 1 aliphatic rings. The van der Waals surface area contributed by atoms with Gasteiger partial charge in [0.25, 0.3) is 0 Å². The number of nitrogens with two attached hydrogens (primary N) is 1. The quantitative estimate of drug-likeness (QED) is 0.831. The summed E-state index contributed by atoms with van der Waals surface area (Å²) in [5, 5.41) is 4.53. The van der Waals surface area contributed by atoms with Crippen LogP contribution in [0.2, 0.25) is 0 Å². The van der Waals surface area contributed by atoms with Gasteiger partial charge >= 0.3 is 0 Å². The molecule has 4 nitrogen and oxygen atoms in total. The summed E-state index contributed by atoms with van der Waals surface area (Å²) in [6, 6.07) is 6.21. The molecule has 5 heteroatoms. The van der Waals surface area contributed by atoms with Gasteiger partial charge in [-0.3, -0.25) is 0 Å². The third-order valence-electron chi connectivity index (χ3n) is 3.34. The van der Waals surface area contributed by atoms with E-state index in [1.165, 1.54) is 12.1 Å². The predicted molar refractivity (Wildman–Crippen MR) is 68.0 cm³/mol. The number of hydrogen-bond donors (Lipinski definition) is 1. The van der Waals surface area contributed by atoms with Crippen LogP contribution in [0.3, 0.4) is 0 Å². The van der Waals surface area contributed by atoms with Crippen LogP contribution in [0.4, 0.5) is 10.2 Å². The van der Waals surface area contributed by atoms with Crippen molar-refractivity contribution in [2.75, 3.05) is 19.3 Å². The van der Waals surface area contributed by atoms with Gasteiger partial charge in [0.1, 0.15) is 11.6 Å². The average Bonchev–Trinajstić information content (AvgIpc) is 2.67. The smallest absolute Gasteiger partial charge is 0.130 e. The minimum Gasteiger partial charge on any atom is -0.383 e. The van der Waals surface area contributed by atoms with Crippen LogP contribution in [0.15, 0.2) is 24.3 Å². The number of aromatic nitrogens is 2. The van der Waals surface area contributed by atoms with Crippen LogP contribution >= 0.6 is 0 Å². The summed E-state index contributed by atoms with van der Waals surface area (Å²) in [5.41, 5.74) is 9.07. The molecule has 0 aliphatic carbocycles. The summed E-state index contributed by atoms with van der Waals surface area (Å²) in [6.07, 6.45) is 0.916. The largest absolute Gasteiger partial charge is 0.383 e. The first-order valence-corrected chi connectivity index (χ1v) is 5.96. The van der Waals surface area contributed by atoms with Crippen molar-refractivity contribution in [2.45, 2.75) is 13.0 Å². The van der Waals surface area contributed by atoms with E-state index in [1.807, 2.05) is 0 Å². The van der Waals surface area contributed by atoms with E-state index in [0.717, 1.165) is 36.5 Å². The normalized spacial score (nSPS) is 15.7. The summed E-state index contributed by atoms with van der Waals surface area (Å²) in [4.78, 5) is 2.21. The number of nitrogens with zero attached hydrogens (tertiary/aromatic N) is 3. The maximum absolute atomic E-state index is 12.9. The fraction of sp³-hybridized carbons (Fsp3) is 0.308. The summed E-state index contributed by atoms with van der Waals surface area (Å²) in [5.74, 6) is 0.415. The molecule has 0 saturated carbocycles. The zero-order chi connectivity index (χ0) is 12.7. The molecule has 0 atom stereocenters. The van der Waals surface area contributed by atoms with Gasteiger partial charge in [0.2, 0.25) is 0 Å². The molecule has 0 bridgehead atoms. The van der Waals surface area contributed by atoms with Gasteiger partial charge < -0.3 is 10.6 Å². The standard InChI is InChI=1S/C13H15FN4/c1-17-7-6-11-12(8-17)16-18(13(11)15)10-4-2-9(14)3-5-10/h2-5H,6-8,15H2,1H3. The number of likely N-dealkylation sites (N-methyl/N-ethyl adjacent to an activating group) is 1. The maximum atomic E-state index is 12.9. The number of anilines is 1. The Kier molecular flexibility index (Phi) is 2.56. The number of halogens is 1. The number of fused-ring (bicyclic) bond motifs is 1. The predicted octanol–water partition coefficient (Wildman–Crippen LogP) is 1.58. The lowest BCUT2D eigenvalue weighted by Gasteiger charge is -2.20. The van der Waals surface area contributed by atoms with E-state index < -0.39 is 0 Å². The Bertz CT molecular complexity index is 573. The van der Waals surface area contributed by atoms with E-state index in [0.29, 0.717) is 5.82 Å². The Hall–Kier alpha value is -1.88. The molecule has 94 valence electrons. The number of nitrogen functional groups attached to an aromatic ring is 1.